The Balaban J connectivity index is 0.000000270. The quantitative estimate of drug-likeness (QED) is 0.122. The molecule has 0 atom stereocenters. The molecule has 0 radical (unpaired) electrons. The van der Waals surface area contributed by atoms with Gasteiger partial charge in [0.2, 0.25) is 0 Å². The number of halogens is 14. The Labute approximate surface area is 427 Å². The van der Waals surface area contributed by atoms with Crippen molar-refractivity contribution in [3.63, 3.8) is 0 Å². The molecule has 0 saturated carbocycles. The zero-order chi connectivity index (χ0) is 50.2. The first kappa shape index (κ1) is 57.9. The van der Waals surface area contributed by atoms with Crippen molar-refractivity contribution in [1.29, 1.82) is 0 Å². The molecule has 6 aromatic rings. The van der Waals surface area contributed by atoms with Gasteiger partial charge in [-0.25, -0.2) is 12.2 Å². The first-order valence-corrected chi connectivity index (χ1v) is 22.4. The summed E-state index contributed by atoms with van der Waals surface area (Å²) in [6, 6.07) is 33.4. The second kappa shape index (κ2) is 22.0. The molecule has 2 aliphatic rings. The van der Waals surface area contributed by atoms with Gasteiger partial charge >= 0.3 is 175 Å². The van der Waals surface area contributed by atoms with Crippen molar-refractivity contribution < 1.29 is 102 Å². The largest absolute Gasteiger partial charge is 1.00 e. The van der Waals surface area contributed by atoms with Gasteiger partial charge in [0, 0.05) is 0 Å². The molecular weight excluding hydrogens is 1050 g/mol. The van der Waals surface area contributed by atoms with E-state index in [1.165, 1.54) is 55.6 Å². The van der Waals surface area contributed by atoms with Crippen LogP contribution >= 0.6 is 0 Å². The third kappa shape index (κ3) is 14.0. The molecule has 368 valence electrons. The number of benzene rings is 6. The molecule has 0 spiro atoms. The van der Waals surface area contributed by atoms with E-state index < -0.39 is 61.3 Å². The fraction of sp³-hybridized carbons (Fsp3) is 0.255. The van der Waals surface area contributed by atoms with Crippen LogP contribution in [-0.2, 0) is 66.2 Å². The van der Waals surface area contributed by atoms with Crippen molar-refractivity contribution in [3.8, 4) is 33.4 Å². The molecule has 8 rings (SSSR count). The van der Waals surface area contributed by atoms with Crippen molar-refractivity contribution >= 4 is 3.21 Å². The van der Waals surface area contributed by atoms with E-state index in [4.69, 9.17) is 0 Å². The molecule has 2 aliphatic carbocycles. The van der Waals surface area contributed by atoms with Crippen LogP contribution in [0, 0.1) is 12.1 Å². The summed E-state index contributed by atoms with van der Waals surface area (Å²) in [5.41, 5.74) is 4.96. The van der Waals surface area contributed by atoms with Crippen molar-refractivity contribution in [2.24, 2.45) is 0 Å². The van der Waals surface area contributed by atoms with Crippen molar-refractivity contribution in [2.75, 3.05) is 0 Å². The molecule has 0 aromatic heterocycles. The maximum atomic E-state index is 13.0. The first-order valence-electron chi connectivity index (χ1n) is 21.2. The molecule has 6 aromatic carbocycles. The number of hydrogen-bond acceptors (Lipinski definition) is 0. The Morgan fingerprint density at radius 3 is 1.26 bits per heavy atom. The summed E-state index contributed by atoms with van der Waals surface area (Å²) < 4.78 is 155. The van der Waals surface area contributed by atoms with Crippen molar-refractivity contribution in [1.82, 2.24) is 0 Å². The third-order valence-corrected chi connectivity index (χ3v) is 12.6. The SMILES string of the molecule is CC(C)(C)c1cc2c([c-]c1-c1ccccc1)Cc1cc(-c3ccccc3)c(C(C)(C)C)cc1-2.FC(F)(F)c1cc([C](=[Zr+2])c2cc(C(F)(F)F)cc(C(F)(F)F)c2)cc(C(F)(F)F)c1.[C-]1=CC=CC1.[Cl-].[Cl-]. The molecule has 0 N–H and O–H groups in total. The Hall–Kier alpha value is -4.71. The Kier molecular flexibility index (Phi) is 18.2. The standard InChI is InChI=1S/C33H33.C17H6F12.C5H5.2ClH.Zr/c1-32(2,3)30-20-26-24(18-28(30)22-13-9-7-10-14-22)17-25-19-29(23-15-11-8-12-16-23)31(21-27(25)26)33(4,5)6;18-14(19,20)10-2-8(3-11(6-10)15(21,22)23)1-9-4-12(16(24,25)26)7-13(5-9)17(27,28)29;1-2-4-5-3-1;;;/h7-16,18,20-21H,17H2,1-6H3;2-7H;1-3H,4H2;2*1H;/q-1;;-1;;;+2/p-2. The molecule has 0 saturated heterocycles. The van der Waals surface area contributed by atoms with Gasteiger partial charge in [-0.05, 0) is 39.5 Å². The molecule has 0 nitrogen and oxygen atoms in total. The number of fused-ring (bicyclic) bond motifs is 3. The van der Waals surface area contributed by atoms with Gasteiger partial charge in [-0.3, -0.25) is 6.08 Å². The molecule has 70 heavy (non-hydrogen) atoms. The summed E-state index contributed by atoms with van der Waals surface area (Å²) in [6.45, 7) is 13.9. The molecule has 0 unspecified atom stereocenters. The van der Waals surface area contributed by atoms with Crippen LogP contribution in [0.2, 0.25) is 0 Å². The fourth-order valence-electron chi connectivity index (χ4n) is 7.81. The summed E-state index contributed by atoms with van der Waals surface area (Å²) in [5.74, 6) is 0. The van der Waals surface area contributed by atoms with Gasteiger partial charge < -0.3 is 24.8 Å². The second-order valence-corrected chi connectivity index (χ2v) is 19.6. The minimum absolute atomic E-state index is 0. The van der Waals surface area contributed by atoms with Crippen LogP contribution in [0.25, 0.3) is 33.4 Å². The third-order valence-electron chi connectivity index (χ3n) is 11.2. The molecule has 15 heteroatoms. The number of rotatable bonds is 4. The molecule has 0 amide bonds. The maximum absolute atomic E-state index is 13.0. The average Bonchev–Trinajstić information content (AvgIpc) is 3.96. The average molecular weight is 1100 g/mol. The number of alkyl halides is 12. The van der Waals surface area contributed by atoms with Crippen LogP contribution < -0.4 is 24.8 Å². The maximum Gasteiger partial charge on any atom is -0.109 e. The minimum Gasteiger partial charge on any atom is -1.00 e. The van der Waals surface area contributed by atoms with E-state index in [1.54, 1.807) is 0 Å². The van der Waals surface area contributed by atoms with Gasteiger partial charge in [-0.1, -0.05) is 131 Å². The second-order valence-electron chi connectivity index (χ2n) is 18.4. The van der Waals surface area contributed by atoms with E-state index in [0.29, 0.717) is 0 Å². The molecule has 0 bridgehead atoms. The van der Waals surface area contributed by atoms with E-state index in [2.05, 4.69) is 139 Å². The molecular formula is C55H44Cl2F12Zr-2. The van der Waals surface area contributed by atoms with Gasteiger partial charge in [-0.2, -0.15) is 6.08 Å². The zero-order valence-corrected chi connectivity index (χ0v) is 42.4. The fourth-order valence-corrected chi connectivity index (χ4v) is 8.52. The monoisotopic (exact) mass is 1090 g/mol. The van der Waals surface area contributed by atoms with E-state index in [0.717, 1.165) is 12.8 Å². The number of hydrogen-bond donors (Lipinski definition) is 0. The van der Waals surface area contributed by atoms with Crippen LogP contribution in [0.1, 0.15) is 104 Å². The minimum atomic E-state index is -5.22. The van der Waals surface area contributed by atoms with E-state index in [9.17, 15) is 52.7 Å². The Bertz CT molecular complexity index is 2600. The first-order chi connectivity index (χ1) is 31.4. The summed E-state index contributed by atoms with van der Waals surface area (Å²) in [5, 5.41) is 0. The number of allylic oxidation sites excluding steroid dienone is 4. The van der Waals surface area contributed by atoms with Crippen LogP contribution in [0.5, 0.6) is 0 Å². The van der Waals surface area contributed by atoms with Gasteiger partial charge in [0.1, 0.15) is 0 Å². The summed E-state index contributed by atoms with van der Waals surface area (Å²) in [4.78, 5) is 0. The van der Waals surface area contributed by atoms with Gasteiger partial charge in [0.15, 0.2) is 0 Å². The summed E-state index contributed by atoms with van der Waals surface area (Å²) in [6.07, 6.45) is -9.96. The van der Waals surface area contributed by atoms with Crippen LogP contribution in [0.3, 0.4) is 0 Å². The van der Waals surface area contributed by atoms with Gasteiger partial charge in [-0.15, -0.1) is 35.2 Å². The van der Waals surface area contributed by atoms with Crippen LogP contribution in [0.15, 0.2) is 133 Å². The van der Waals surface area contributed by atoms with E-state index in [1.807, 2.05) is 12.2 Å². The molecule has 0 fully saturated rings. The van der Waals surface area contributed by atoms with Gasteiger partial charge in [0.25, 0.3) is 0 Å². The zero-order valence-electron chi connectivity index (χ0n) is 38.4. The summed E-state index contributed by atoms with van der Waals surface area (Å²) in [7, 11) is 0. The Morgan fingerprint density at radius 2 is 0.900 bits per heavy atom. The summed E-state index contributed by atoms with van der Waals surface area (Å²) >= 11 is -0.00108. The van der Waals surface area contributed by atoms with E-state index in [-0.39, 0.29) is 96.3 Å². The van der Waals surface area contributed by atoms with Crippen molar-refractivity contribution in [2.45, 2.75) is 89.9 Å². The smallest absolute Gasteiger partial charge is 0.109 e. The predicted molar refractivity (Wildman–Crippen MR) is 239 cm³/mol. The van der Waals surface area contributed by atoms with Gasteiger partial charge in [0.05, 0.1) is 0 Å². The molecule has 0 aliphatic heterocycles. The molecule has 0 heterocycles. The Morgan fingerprint density at radius 1 is 0.486 bits per heavy atom. The normalized spacial score (nSPS) is 13.2. The van der Waals surface area contributed by atoms with Crippen LogP contribution in [-0.4, -0.2) is 3.21 Å². The topological polar surface area (TPSA) is 0 Å². The van der Waals surface area contributed by atoms with Crippen LogP contribution in [0.4, 0.5) is 52.7 Å². The van der Waals surface area contributed by atoms with E-state index >= 15 is 0 Å². The van der Waals surface area contributed by atoms with Crippen molar-refractivity contribution in [3.05, 3.63) is 201 Å². The predicted octanol–water partition coefficient (Wildman–Crippen LogP) is 11.2.